The van der Waals surface area contributed by atoms with Crippen molar-refractivity contribution in [2.45, 2.75) is 26.2 Å². The number of imidazole rings is 1. The Morgan fingerprint density at radius 2 is 2.50 bits per heavy atom. The molecule has 0 aliphatic heterocycles. The lowest BCUT2D eigenvalue weighted by Crippen LogP contribution is -2.28. The lowest BCUT2D eigenvalue weighted by atomic mass is 9.89. The highest BCUT2D eigenvalue weighted by Crippen LogP contribution is 2.24. The number of amides is 1. The van der Waals surface area contributed by atoms with E-state index in [0.29, 0.717) is 12.2 Å². The van der Waals surface area contributed by atoms with Gasteiger partial charge in [0.25, 0.3) is 0 Å². The summed E-state index contributed by atoms with van der Waals surface area (Å²) in [6, 6.07) is 1.63. The minimum atomic E-state index is -0.0333. The normalized spacial score (nSPS) is 18.4. The molecule has 0 fully saturated rings. The van der Waals surface area contributed by atoms with Crippen LogP contribution in [0.2, 0.25) is 0 Å². The van der Waals surface area contributed by atoms with Crippen molar-refractivity contribution in [2.24, 2.45) is 5.92 Å². The number of nitrogens with zero attached hydrogens (tertiary/aromatic N) is 2. The summed E-state index contributed by atoms with van der Waals surface area (Å²) in [5.41, 5.74) is 2.18. The van der Waals surface area contributed by atoms with E-state index in [4.69, 9.17) is 0 Å². The minimum absolute atomic E-state index is 0.0122. The number of aromatic nitrogens is 3. The molecule has 1 unspecified atom stereocenters. The summed E-state index contributed by atoms with van der Waals surface area (Å²) in [7, 11) is 0. The quantitative estimate of drug-likeness (QED) is 0.840. The molecule has 2 aromatic heterocycles. The first-order valence-corrected chi connectivity index (χ1v) is 5.98. The highest BCUT2D eigenvalue weighted by Gasteiger charge is 2.27. The van der Waals surface area contributed by atoms with Crippen LogP contribution in [0.25, 0.3) is 0 Å². The molecule has 1 aliphatic carbocycles. The Bertz CT molecular complexity index is 559. The van der Waals surface area contributed by atoms with Crippen molar-refractivity contribution in [3.8, 4) is 0 Å². The van der Waals surface area contributed by atoms with Crippen molar-refractivity contribution in [3.05, 3.63) is 29.5 Å². The Labute approximate surface area is 104 Å². The molecule has 0 bridgehead atoms. The molecule has 2 aromatic rings. The average molecular weight is 246 g/mol. The summed E-state index contributed by atoms with van der Waals surface area (Å²) < 4.78 is 4.68. The van der Waals surface area contributed by atoms with Crippen LogP contribution in [0.15, 0.2) is 16.9 Å². The molecule has 94 valence electrons. The number of anilines is 1. The second kappa shape index (κ2) is 4.29. The molecule has 1 atom stereocenters. The van der Waals surface area contributed by atoms with Gasteiger partial charge < -0.3 is 14.8 Å². The van der Waals surface area contributed by atoms with E-state index >= 15 is 0 Å². The van der Waals surface area contributed by atoms with Gasteiger partial charge in [-0.05, 0) is 19.8 Å². The van der Waals surface area contributed by atoms with Crippen LogP contribution >= 0.6 is 0 Å². The molecule has 2 heterocycles. The SMILES string of the molecule is Cc1nc2c([nH]1)CC(C(=O)Nc1ccon1)CC2. The van der Waals surface area contributed by atoms with Crippen molar-refractivity contribution >= 4 is 11.7 Å². The second-order valence-corrected chi connectivity index (χ2v) is 4.56. The Morgan fingerprint density at radius 1 is 1.61 bits per heavy atom. The number of aryl methyl sites for hydroxylation is 2. The average Bonchev–Trinajstić information content (AvgIpc) is 2.95. The van der Waals surface area contributed by atoms with Gasteiger partial charge in [-0.25, -0.2) is 4.98 Å². The van der Waals surface area contributed by atoms with Gasteiger partial charge in [0.15, 0.2) is 5.82 Å². The lowest BCUT2D eigenvalue weighted by Gasteiger charge is -2.19. The van der Waals surface area contributed by atoms with Crippen molar-refractivity contribution in [3.63, 3.8) is 0 Å². The van der Waals surface area contributed by atoms with Gasteiger partial charge in [0.1, 0.15) is 12.1 Å². The van der Waals surface area contributed by atoms with E-state index in [9.17, 15) is 4.79 Å². The van der Waals surface area contributed by atoms with Crippen LogP contribution in [0.4, 0.5) is 5.82 Å². The van der Waals surface area contributed by atoms with Gasteiger partial charge >= 0.3 is 0 Å². The van der Waals surface area contributed by atoms with Crippen molar-refractivity contribution < 1.29 is 9.32 Å². The molecular formula is C12H14N4O2. The van der Waals surface area contributed by atoms with Crippen LogP contribution in [0.5, 0.6) is 0 Å². The third-order valence-electron chi connectivity index (χ3n) is 3.22. The third kappa shape index (κ3) is 2.01. The van der Waals surface area contributed by atoms with Gasteiger partial charge in [-0.15, -0.1) is 0 Å². The molecule has 0 saturated heterocycles. The molecule has 0 spiro atoms. The smallest absolute Gasteiger partial charge is 0.229 e. The number of fused-ring (bicyclic) bond motifs is 1. The number of H-pyrrole nitrogens is 1. The van der Waals surface area contributed by atoms with E-state index in [1.54, 1.807) is 6.07 Å². The zero-order chi connectivity index (χ0) is 12.5. The molecule has 0 aromatic carbocycles. The molecular weight excluding hydrogens is 232 g/mol. The van der Waals surface area contributed by atoms with Crippen molar-refractivity contribution in [1.29, 1.82) is 0 Å². The summed E-state index contributed by atoms with van der Waals surface area (Å²) in [4.78, 5) is 19.7. The maximum absolute atomic E-state index is 12.1. The largest absolute Gasteiger partial charge is 0.363 e. The Kier molecular flexibility index (Phi) is 2.62. The van der Waals surface area contributed by atoms with Crippen LogP contribution in [0.1, 0.15) is 23.6 Å². The zero-order valence-electron chi connectivity index (χ0n) is 10.1. The first kappa shape index (κ1) is 11.0. The summed E-state index contributed by atoms with van der Waals surface area (Å²) in [5, 5.41) is 6.42. The van der Waals surface area contributed by atoms with E-state index in [1.807, 2.05) is 6.92 Å². The minimum Gasteiger partial charge on any atom is -0.363 e. The van der Waals surface area contributed by atoms with Gasteiger partial charge in [0.05, 0.1) is 5.69 Å². The first-order valence-electron chi connectivity index (χ1n) is 5.98. The predicted octanol–water partition coefficient (Wildman–Crippen LogP) is 1.45. The van der Waals surface area contributed by atoms with Gasteiger partial charge in [0.2, 0.25) is 5.91 Å². The number of carbonyl (C=O) groups excluding carboxylic acids is 1. The fourth-order valence-corrected chi connectivity index (χ4v) is 2.35. The lowest BCUT2D eigenvalue weighted by molar-refractivity contribution is -0.120. The molecule has 0 saturated carbocycles. The van der Waals surface area contributed by atoms with E-state index in [2.05, 4.69) is 25.0 Å². The van der Waals surface area contributed by atoms with Gasteiger partial charge in [-0.3, -0.25) is 4.79 Å². The zero-order valence-corrected chi connectivity index (χ0v) is 10.1. The Morgan fingerprint density at radius 3 is 3.28 bits per heavy atom. The van der Waals surface area contributed by atoms with E-state index in [0.717, 1.165) is 30.1 Å². The summed E-state index contributed by atoms with van der Waals surface area (Å²) >= 11 is 0. The van der Waals surface area contributed by atoms with E-state index in [1.165, 1.54) is 6.26 Å². The highest BCUT2D eigenvalue weighted by molar-refractivity contribution is 5.91. The molecule has 6 heteroatoms. The number of hydrogen-bond acceptors (Lipinski definition) is 4. The molecule has 3 rings (SSSR count). The third-order valence-corrected chi connectivity index (χ3v) is 3.22. The number of hydrogen-bond donors (Lipinski definition) is 2. The van der Waals surface area contributed by atoms with Crippen LogP contribution < -0.4 is 5.32 Å². The topological polar surface area (TPSA) is 83.8 Å². The van der Waals surface area contributed by atoms with Gasteiger partial charge in [0, 0.05) is 24.1 Å². The van der Waals surface area contributed by atoms with Crippen molar-refractivity contribution in [2.75, 3.05) is 5.32 Å². The Hall–Kier alpha value is -2.11. The summed E-state index contributed by atoms with van der Waals surface area (Å²) in [6.45, 7) is 1.93. The number of rotatable bonds is 2. The van der Waals surface area contributed by atoms with Crippen LogP contribution in [-0.4, -0.2) is 21.0 Å². The fraction of sp³-hybridized carbons (Fsp3) is 0.417. The molecule has 1 amide bonds. The Balaban J connectivity index is 1.70. The maximum atomic E-state index is 12.1. The number of aromatic amines is 1. The molecule has 1 aliphatic rings. The van der Waals surface area contributed by atoms with Gasteiger partial charge in [-0.2, -0.15) is 0 Å². The number of nitrogens with one attached hydrogen (secondary N) is 2. The van der Waals surface area contributed by atoms with Crippen LogP contribution in [-0.2, 0) is 17.6 Å². The molecule has 0 radical (unpaired) electrons. The summed E-state index contributed by atoms with van der Waals surface area (Å²) in [6.07, 6.45) is 3.81. The second-order valence-electron chi connectivity index (χ2n) is 4.56. The molecule has 2 N–H and O–H groups in total. The van der Waals surface area contributed by atoms with E-state index < -0.39 is 0 Å². The standard InChI is InChI=1S/C12H14N4O2/c1-7-13-9-3-2-8(6-10(9)14-7)12(17)15-11-4-5-18-16-11/h4-5,8H,2-3,6H2,1H3,(H,13,14)(H,15,16,17). The maximum Gasteiger partial charge on any atom is 0.229 e. The predicted molar refractivity (Wildman–Crippen MR) is 64.0 cm³/mol. The van der Waals surface area contributed by atoms with Crippen molar-refractivity contribution in [1.82, 2.24) is 15.1 Å². The monoisotopic (exact) mass is 246 g/mol. The molecule has 18 heavy (non-hydrogen) atoms. The first-order chi connectivity index (χ1) is 8.72. The molecule has 6 nitrogen and oxygen atoms in total. The van der Waals surface area contributed by atoms with Gasteiger partial charge in [-0.1, -0.05) is 5.16 Å². The number of carbonyl (C=O) groups is 1. The summed E-state index contributed by atoms with van der Waals surface area (Å²) in [5.74, 6) is 1.33. The fourth-order valence-electron chi connectivity index (χ4n) is 2.35. The van der Waals surface area contributed by atoms with Crippen LogP contribution in [0.3, 0.4) is 0 Å². The highest BCUT2D eigenvalue weighted by atomic mass is 16.5. The van der Waals surface area contributed by atoms with Crippen LogP contribution in [0, 0.1) is 12.8 Å². The van der Waals surface area contributed by atoms with E-state index in [-0.39, 0.29) is 11.8 Å².